The minimum absolute atomic E-state index is 0. The second-order valence-corrected chi connectivity index (χ2v) is 4.91. The molecular weight excluding hydrogens is 401 g/mol. The largest absolute Gasteiger partial charge is 0.494 e. The number of benzene rings is 1. The van der Waals surface area contributed by atoms with Crippen LogP contribution in [0.5, 0.6) is 5.75 Å². The molecule has 0 aliphatic rings. The van der Waals surface area contributed by atoms with Crippen LogP contribution in [0.4, 0.5) is 0 Å². The minimum atomic E-state index is 0. The molecule has 0 amide bonds. The fourth-order valence-electron chi connectivity index (χ4n) is 1.86. The molecule has 0 saturated heterocycles. The van der Waals surface area contributed by atoms with Crippen molar-refractivity contribution < 1.29 is 4.74 Å². The predicted molar refractivity (Wildman–Crippen MR) is 109 cm³/mol. The van der Waals surface area contributed by atoms with Gasteiger partial charge in [-0.15, -0.1) is 30.4 Å². The Kier molecular flexibility index (Phi) is 13.3. The van der Waals surface area contributed by atoms with Crippen molar-refractivity contribution in [3.63, 3.8) is 0 Å². The summed E-state index contributed by atoms with van der Waals surface area (Å²) >= 11 is 0. The Balaban J connectivity index is 0.00000484. The molecule has 0 aliphatic carbocycles. The number of aliphatic imine (C=N–C) groups is 1. The van der Waals surface area contributed by atoms with Crippen molar-refractivity contribution in [3.05, 3.63) is 29.8 Å². The molecule has 0 saturated carbocycles. The third-order valence-corrected chi connectivity index (χ3v) is 3.06. The summed E-state index contributed by atoms with van der Waals surface area (Å²) in [5.74, 6) is 4.24. The molecule has 2 N–H and O–H groups in total. The van der Waals surface area contributed by atoms with Gasteiger partial charge in [-0.1, -0.05) is 31.4 Å². The Morgan fingerprint density at radius 1 is 1.22 bits per heavy atom. The summed E-state index contributed by atoms with van der Waals surface area (Å²) in [6.07, 6.45) is 8.38. The van der Waals surface area contributed by atoms with E-state index >= 15 is 0 Å². The topological polar surface area (TPSA) is 45.7 Å². The average Bonchev–Trinajstić information content (AvgIpc) is 2.54. The smallest absolute Gasteiger partial charge is 0.192 e. The minimum Gasteiger partial charge on any atom is -0.494 e. The number of hydrogen-bond donors (Lipinski definition) is 2. The lowest BCUT2D eigenvalue weighted by molar-refractivity contribution is 0.309. The maximum absolute atomic E-state index is 5.65. The summed E-state index contributed by atoms with van der Waals surface area (Å²) in [5, 5.41) is 6.24. The predicted octanol–water partition coefficient (Wildman–Crippen LogP) is 3.21. The molecule has 0 bridgehead atoms. The maximum Gasteiger partial charge on any atom is 0.192 e. The Morgan fingerprint density at radius 3 is 2.57 bits per heavy atom. The van der Waals surface area contributed by atoms with E-state index in [0.29, 0.717) is 6.54 Å². The number of hydrogen-bond acceptors (Lipinski definition) is 2. The van der Waals surface area contributed by atoms with Crippen molar-refractivity contribution in [2.24, 2.45) is 4.99 Å². The fourth-order valence-corrected chi connectivity index (χ4v) is 1.86. The van der Waals surface area contributed by atoms with E-state index in [0.717, 1.165) is 50.7 Å². The van der Waals surface area contributed by atoms with E-state index in [4.69, 9.17) is 11.2 Å². The van der Waals surface area contributed by atoms with E-state index < -0.39 is 0 Å². The van der Waals surface area contributed by atoms with Crippen LogP contribution in [-0.4, -0.2) is 32.2 Å². The number of terminal acetylenes is 1. The Labute approximate surface area is 157 Å². The Hall–Kier alpha value is -1.42. The summed E-state index contributed by atoms with van der Waals surface area (Å²) in [5.41, 5.74) is 1.25. The summed E-state index contributed by atoms with van der Waals surface area (Å²) in [7, 11) is 0. The van der Waals surface area contributed by atoms with Crippen molar-refractivity contribution in [2.75, 3.05) is 26.2 Å². The molecule has 5 heteroatoms. The van der Waals surface area contributed by atoms with E-state index in [2.05, 4.69) is 40.6 Å². The molecule has 1 aromatic rings. The molecule has 0 aliphatic heterocycles. The van der Waals surface area contributed by atoms with Crippen LogP contribution >= 0.6 is 24.0 Å². The van der Waals surface area contributed by atoms with Gasteiger partial charge in [-0.25, -0.2) is 0 Å². The van der Waals surface area contributed by atoms with Gasteiger partial charge in [-0.3, -0.25) is 4.99 Å². The van der Waals surface area contributed by atoms with Gasteiger partial charge in [0.2, 0.25) is 0 Å². The van der Waals surface area contributed by atoms with Crippen molar-refractivity contribution >= 4 is 29.9 Å². The van der Waals surface area contributed by atoms with E-state index in [-0.39, 0.29) is 24.0 Å². The number of guanidine groups is 1. The van der Waals surface area contributed by atoms with E-state index in [1.807, 2.05) is 19.1 Å². The van der Waals surface area contributed by atoms with Gasteiger partial charge < -0.3 is 15.4 Å². The monoisotopic (exact) mass is 429 g/mol. The van der Waals surface area contributed by atoms with Crippen LogP contribution < -0.4 is 15.4 Å². The van der Waals surface area contributed by atoms with Crippen molar-refractivity contribution in [1.29, 1.82) is 0 Å². The molecule has 1 aromatic carbocycles. The molecule has 23 heavy (non-hydrogen) atoms. The van der Waals surface area contributed by atoms with Gasteiger partial charge in [0.05, 0.1) is 13.2 Å². The lowest BCUT2D eigenvalue weighted by atomic mass is 10.1. The third kappa shape index (κ3) is 10.1. The second-order valence-electron chi connectivity index (χ2n) is 4.91. The molecule has 0 fully saturated rings. The second kappa shape index (κ2) is 14.2. The zero-order valence-corrected chi connectivity index (χ0v) is 16.4. The van der Waals surface area contributed by atoms with E-state index in [1.165, 1.54) is 5.56 Å². The van der Waals surface area contributed by atoms with Gasteiger partial charge in [-0.2, -0.15) is 0 Å². The van der Waals surface area contributed by atoms with Crippen LogP contribution in [0, 0.1) is 12.3 Å². The van der Waals surface area contributed by atoms with Crippen LogP contribution in [0.1, 0.15) is 32.3 Å². The number of nitrogens with one attached hydrogen (secondary N) is 2. The summed E-state index contributed by atoms with van der Waals surface area (Å²) in [4.78, 5) is 4.50. The zero-order valence-electron chi connectivity index (χ0n) is 14.1. The highest BCUT2D eigenvalue weighted by Crippen LogP contribution is 2.13. The van der Waals surface area contributed by atoms with E-state index in [1.54, 1.807) is 0 Å². The molecule has 0 aromatic heterocycles. The molecule has 0 unspecified atom stereocenters. The van der Waals surface area contributed by atoms with Crippen LogP contribution in [-0.2, 0) is 6.42 Å². The molecular formula is C18H28IN3O. The van der Waals surface area contributed by atoms with Crippen molar-refractivity contribution in [3.8, 4) is 18.1 Å². The number of ether oxygens (including phenoxy) is 1. The van der Waals surface area contributed by atoms with Gasteiger partial charge in [0, 0.05) is 13.1 Å². The van der Waals surface area contributed by atoms with Crippen molar-refractivity contribution in [1.82, 2.24) is 10.6 Å². The van der Waals surface area contributed by atoms with Crippen LogP contribution in [0.15, 0.2) is 29.3 Å². The van der Waals surface area contributed by atoms with Gasteiger partial charge in [0.15, 0.2) is 5.96 Å². The first-order valence-corrected chi connectivity index (χ1v) is 7.97. The summed E-state index contributed by atoms with van der Waals surface area (Å²) in [6, 6.07) is 8.24. The molecule has 128 valence electrons. The standard InChI is InChI=1S/C18H27N3O.HI/c1-4-7-15-22-17-10-8-16(9-11-17)12-14-21-18(19-6-3)20-13-5-2;/h2,8-11H,4,6-7,12-15H2,1,3H3,(H2,19,20,21);1H. The number of nitrogens with zero attached hydrogens (tertiary/aromatic N) is 1. The molecule has 0 spiro atoms. The lowest BCUT2D eigenvalue weighted by Crippen LogP contribution is -2.37. The number of unbranched alkanes of at least 4 members (excludes halogenated alkanes) is 1. The Morgan fingerprint density at radius 2 is 1.96 bits per heavy atom. The average molecular weight is 429 g/mol. The quantitative estimate of drug-likeness (QED) is 0.208. The van der Waals surface area contributed by atoms with Crippen LogP contribution in [0.2, 0.25) is 0 Å². The highest BCUT2D eigenvalue weighted by atomic mass is 127. The van der Waals surface area contributed by atoms with Gasteiger partial charge in [-0.05, 0) is 37.5 Å². The van der Waals surface area contributed by atoms with Gasteiger partial charge in [0.25, 0.3) is 0 Å². The van der Waals surface area contributed by atoms with Gasteiger partial charge >= 0.3 is 0 Å². The first kappa shape index (κ1) is 21.6. The highest BCUT2D eigenvalue weighted by Gasteiger charge is 1.98. The van der Waals surface area contributed by atoms with Crippen LogP contribution in [0.25, 0.3) is 0 Å². The number of halogens is 1. The zero-order chi connectivity index (χ0) is 16.0. The highest BCUT2D eigenvalue weighted by molar-refractivity contribution is 14.0. The molecule has 1 rings (SSSR count). The SMILES string of the molecule is C#CCNC(=NCCc1ccc(OCCCC)cc1)NCC.I. The van der Waals surface area contributed by atoms with E-state index in [9.17, 15) is 0 Å². The van der Waals surface area contributed by atoms with Crippen molar-refractivity contribution in [2.45, 2.75) is 33.1 Å². The first-order chi connectivity index (χ1) is 10.8. The van der Waals surface area contributed by atoms with Crippen LogP contribution in [0.3, 0.4) is 0 Å². The number of rotatable bonds is 9. The fraction of sp³-hybridized carbons (Fsp3) is 0.500. The summed E-state index contributed by atoms with van der Waals surface area (Å²) in [6.45, 7) is 7.00. The normalized spacial score (nSPS) is 10.4. The molecule has 4 nitrogen and oxygen atoms in total. The summed E-state index contributed by atoms with van der Waals surface area (Å²) < 4.78 is 5.65. The maximum atomic E-state index is 5.65. The third-order valence-electron chi connectivity index (χ3n) is 3.06. The molecule has 0 radical (unpaired) electrons. The molecule has 0 heterocycles. The lowest BCUT2D eigenvalue weighted by Gasteiger charge is -2.09. The first-order valence-electron chi connectivity index (χ1n) is 7.97. The van der Waals surface area contributed by atoms with Gasteiger partial charge in [0.1, 0.15) is 5.75 Å². The Bertz CT molecular complexity index is 480. The molecule has 0 atom stereocenters.